The molecule has 0 spiro atoms. The van der Waals surface area contributed by atoms with E-state index < -0.39 is 0 Å². The zero-order chi connectivity index (χ0) is 21.0. The first-order valence-corrected chi connectivity index (χ1v) is 9.51. The number of carbonyl (C=O) groups is 2. The molecule has 0 aliphatic carbocycles. The number of rotatable bonds is 8. The van der Waals surface area contributed by atoms with Gasteiger partial charge >= 0.3 is 0 Å². The van der Waals surface area contributed by atoms with E-state index in [0.717, 1.165) is 22.3 Å². The summed E-state index contributed by atoms with van der Waals surface area (Å²) in [6, 6.07) is 26.4. The molecule has 0 aliphatic heterocycles. The minimum atomic E-state index is -0.174. The Morgan fingerprint density at radius 3 is 1.33 bits per heavy atom. The van der Waals surface area contributed by atoms with Gasteiger partial charge in [0.15, 0.2) is 0 Å². The van der Waals surface area contributed by atoms with Gasteiger partial charge in [-0.2, -0.15) is 10.2 Å². The highest BCUT2D eigenvalue weighted by atomic mass is 16.2. The molecule has 0 fully saturated rings. The molecule has 2 amide bonds. The highest BCUT2D eigenvalue weighted by Gasteiger charge is 2.01. The van der Waals surface area contributed by atoms with Gasteiger partial charge in [0.1, 0.15) is 0 Å². The topological polar surface area (TPSA) is 82.9 Å². The largest absolute Gasteiger partial charge is 0.273 e. The molecule has 3 aromatic rings. The van der Waals surface area contributed by atoms with Gasteiger partial charge in [-0.3, -0.25) is 9.59 Å². The fourth-order valence-corrected chi connectivity index (χ4v) is 2.67. The Balaban J connectivity index is 1.42. The van der Waals surface area contributed by atoms with Crippen LogP contribution in [0.15, 0.2) is 95.1 Å². The highest BCUT2D eigenvalue weighted by Crippen LogP contribution is 2.02. The quantitative estimate of drug-likeness (QED) is 0.452. The minimum absolute atomic E-state index is 0.174. The molecular weight excluding hydrogens is 376 g/mol. The molecule has 30 heavy (non-hydrogen) atoms. The van der Waals surface area contributed by atoms with Crippen molar-refractivity contribution in [3.05, 3.63) is 107 Å². The Labute approximate surface area is 175 Å². The lowest BCUT2D eigenvalue weighted by atomic mass is 10.1. The van der Waals surface area contributed by atoms with Gasteiger partial charge in [-0.25, -0.2) is 10.9 Å². The third-order valence-corrected chi connectivity index (χ3v) is 4.16. The second kappa shape index (κ2) is 11.1. The SMILES string of the molecule is O=C(Cc1ccccc1)N/N=C/c1ccc(/C=N/NC(=O)Cc2ccccc2)cc1. The first kappa shape index (κ1) is 20.7. The molecule has 0 heterocycles. The van der Waals surface area contributed by atoms with E-state index in [1.54, 1.807) is 12.4 Å². The summed E-state index contributed by atoms with van der Waals surface area (Å²) in [4.78, 5) is 23.7. The van der Waals surface area contributed by atoms with Crippen molar-refractivity contribution in [2.24, 2.45) is 10.2 Å². The van der Waals surface area contributed by atoms with Crippen LogP contribution < -0.4 is 10.9 Å². The van der Waals surface area contributed by atoms with Crippen molar-refractivity contribution in [2.75, 3.05) is 0 Å². The van der Waals surface area contributed by atoms with Crippen LogP contribution in [0.4, 0.5) is 0 Å². The molecule has 0 atom stereocenters. The number of hydrogen-bond acceptors (Lipinski definition) is 4. The predicted octanol–water partition coefficient (Wildman–Crippen LogP) is 3.07. The Morgan fingerprint density at radius 2 is 0.967 bits per heavy atom. The molecule has 0 unspecified atom stereocenters. The molecule has 3 rings (SSSR count). The third kappa shape index (κ3) is 7.16. The van der Waals surface area contributed by atoms with Crippen molar-refractivity contribution >= 4 is 24.2 Å². The van der Waals surface area contributed by atoms with Crippen LogP contribution in [0.1, 0.15) is 22.3 Å². The number of nitrogens with one attached hydrogen (secondary N) is 2. The van der Waals surface area contributed by atoms with Crippen molar-refractivity contribution in [1.29, 1.82) is 0 Å². The van der Waals surface area contributed by atoms with Gasteiger partial charge in [-0.15, -0.1) is 0 Å². The molecule has 2 N–H and O–H groups in total. The number of carbonyl (C=O) groups excluding carboxylic acids is 2. The van der Waals surface area contributed by atoms with Crippen molar-refractivity contribution in [3.8, 4) is 0 Å². The van der Waals surface area contributed by atoms with Crippen LogP contribution in [0.25, 0.3) is 0 Å². The predicted molar refractivity (Wildman–Crippen MR) is 118 cm³/mol. The summed E-state index contributed by atoms with van der Waals surface area (Å²) >= 11 is 0. The van der Waals surface area contributed by atoms with E-state index in [2.05, 4.69) is 21.1 Å². The molecule has 0 saturated carbocycles. The summed E-state index contributed by atoms with van der Waals surface area (Å²) in [5, 5.41) is 7.95. The number of hydrogen-bond donors (Lipinski definition) is 2. The molecule has 6 nitrogen and oxygen atoms in total. The Morgan fingerprint density at radius 1 is 0.600 bits per heavy atom. The van der Waals surface area contributed by atoms with Gasteiger partial charge < -0.3 is 0 Å². The maximum absolute atomic E-state index is 11.9. The summed E-state index contributed by atoms with van der Waals surface area (Å²) in [6.07, 6.45) is 3.71. The molecule has 0 aromatic heterocycles. The van der Waals surface area contributed by atoms with Gasteiger partial charge in [-0.1, -0.05) is 84.9 Å². The standard InChI is InChI=1S/C24H22N4O2/c29-23(15-19-7-3-1-4-8-19)27-25-17-21-11-13-22(14-12-21)18-26-28-24(30)16-20-9-5-2-6-10-20/h1-14,17-18H,15-16H2,(H,27,29)(H,28,30)/b25-17+,26-18+. The van der Waals surface area contributed by atoms with Crippen molar-refractivity contribution in [3.63, 3.8) is 0 Å². The van der Waals surface area contributed by atoms with Gasteiger partial charge in [0.05, 0.1) is 25.3 Å². The van der Waals surface area contributed by atoms with Crippen molar-refractivity contribution in [1.82, 2.24) is 10.9 Å². The van der Waals surface area contributed by atoms with Crippen LogP contribution in [0.3, 0.4) is 0 Å². The lowest BCUT2D eigenvalue weighted by Crippen LogP contribution is -2.19. The van der Waals surface area contributed by atoms with E-state index in [1.165, 1.54) is 0 Å². The average molecular weight is 398 g/mol. The molecule has 0 radical (unpaired) electrons. The lowest BCUT2D eigenvalue weighted by Gasteiger charge is -2.01. The lowest BCUT2D eigenvalue weighted by molar-refractivity contribution is -0.121. The molecule has 6 heteroatoms. The summed E-state index contributed by atoms with van der Waals surface area (Å²) in [6.45, 7) is 0. The van der Waals surface area contributed by atoms with E-state index >= 15 is 0 Å². The summed E-state index contributed by atoms with van der Waals surface area (Å²) in [7, 11) is 0. The van der Waals surface area contributed by atoms with Crippen LogP contribution in [0.2, 0.25) is 0 Å². The van der Waals surface area contributed by atoms with E-state index in [1.807, 2.05) is 84.9 Å². The van der Waals surface area contributed by atoms with Gasteiger partial charge in [0, 0.05) is 0 Å². The molecule has 150 valence electrons. The van der Waals surface area contributed by atoms with E-state index in [0.29, 0.717) is 0 Å². The number of hydrazone groups is 2. The minimum Gasteiger partial charge on any atom is -0.273 e. The average Bonchev–Trinajstić information content (AvgIpc) is 2.76. The Hall–Kier alpha value is -4.06. The fraction of sp³-hybridized carbons (Fsp3) is 0.0833. The summed E-state index contributed by atoms with van der Waals surface area (Å²) in [5.41, 5.74) is 8.57. The van der Waals surface area contributed by atoms with E-state index in [-0.39, 0.29) is 24.7 Å². The van der Waals surface area contributed by atoms with Crippen molar-refractivity contribution < 1.29 is 9.59 Å². The second-order valence-electron chi connectivity index (χ2n) is 6.58. The Bertz CT molecular complexity index is 930. The molecule has 0 bridgehead atoms. The summed E-state index contributed by atoms with van der Waals surface area (Å²) in [5.74, 6) is -0.347. The molecule has 0 aliphatic rings. The van der Waals surface area contributed by atoms with Crippen LogP contribution >= 0.6 is 0 Å². The molecule has 0 saturated heterocycles. The van der Waals surface area contributed by atoms with E-state index in [9.17, 15) is 9.59 Å². The van der Waals surface area contributed by atoms with Gasteiger partial charge in [-0.05, 0) is 22.3 Å². The smallest absolute Gasteiger partial charge is 0.244 e. The Kier molecular flexibility index (Phi) is 7.62. The zero-order valence-electron chi connectivity index (χ0n) is 16.4. The van der Waals surface area contributed by atoms with Crippen LogP contribution in [0.5, 0.6) is 0 Å². The first-order valence-electron chi connectivity index (χ1n) is 9.51. The van der Waals surface area contributed by atoms with Crippen LogP contribution in [-0.2, 0) is 22.4 Å². The summed E-state index contributed by atoms with van der Waals surface area (Å²) < 4.78 is 0. The van der Waals surface area contributed by atoms with Crippen LogP contribution in [-0.4, -0.2) is 24.2 Å². The van der Waals surface area contributed by atoms with Crippen molar-refractivity contribution in [2.45, 2.75) is 12.8 Å². The monoisotopic (exact) mass is 398 g/mol. The molecular formula is C24H22N4O2. The maximum atomic E-state index is 11.9. The first-order chi connectivity index (χ1) is 14.7. The second-order valence-corrected chi connectivity index (χ2v) is 6.58. The van der Waals surface area contributed by atoms with Crippen LogP contribution in [0, 0.1) is 0 Å². The molecule has 3 aromatic carbocycles. The zero-order valence-corrected chi connectivity index (χ0v) is 16.4. The number of benzene rings is 3. The van der Waals surface area contributed by atoms with Gasteiger partial charge in [0.25, 0.3) is 0 Å². The number of nitrogens with zero attached hydrogens (tertiary/aromatic N) is 2. The van der Waals surface area contributed by atoms with Gasteiger partial charge in [0.2, 0.25) is 11.8 Å². The normalized spacial score (nSPS) is 10.9. The highest BCUT2D eigenvalue weighted by molar-refractivity contribution is 5.86. The maximum Gasteiger partial charge on any atom is 0.244 e. The fourth-order valence-electron chi connectivity index (χ4n) is 2.67. The third-order valence-electron chi connectivity index (χ3n) is 4.16. The van der Waals surface area contributed by atoms with E-state index in [4.69, 9.17) is 0 Å². The number of amides is 2.